The third-order valence-corrected chi connectivity index (χ3v) is 2.80. The zero-order valence-electron chi connectivity index (χ0n) is 9.83. The molecule has 6 nitrogen and oxygen atoms in total. The number of nitrogen functional groups attached to an aromatic ring is 1. The molecule has 0 fully saturated rings. The van der Waals surface area contributed by atoms with Gasteiger partial charge in [0, 0.05) is 19.2 Å². The first-order valence-corrected chi connectivity index (χ1v) is 5.14. The first kappa shape index (κ1) is 12.5. The first-order valence-electron chi connectivity index (χ1n) is 5.14. The Balaban J connectivity index is 2.56. The van der Waals surface area contributed by atoms with Crippen molar-refractivity contribution < 1.29 is 9.53 Å². The van der Waals surface area contributed by atoms with E-state index in [4.69, 9.17) is 10.5 Å². The van der Waals surface area contributed by atoms with Gasteiger partial charge in [0.15, 0.2) is 0 Å². The molecule has 1 atom stereocenters. The maximum atomic E-state index is 11.8. The lowest BCUT2D eigenvalue weighted by molar-refractivity contribution is -0.142. The van der Waals surface area contributed by atoms with Crippen LogP contribution >= 0.6 is 0 Å². The van der Waals surface area contributed by atoms with Crippen LogP contribution in [0.2, 0.25) is 0 Å². The average Bonchev–Trinajstić information content (AvgIpc) is 2.70. The molecule has 0 radical (unpaired) electrons. The van der Waals surface area contributed by atoms with Crippen LogP contribution in [0.1, 0.15) is 25.8 Å². The number of H-pyrrole nitrogens is 1. The van der Waals surface area contributed by atoms with Crippen molar-refractivity contribution in [1.82, 2.24) is 15.5 Å². The predicted molar refractivity (Wildman–Crippen MR) is 60.6 cm³/mol. The van der Waals surface area contributed by atoms with Crippen LogP contribution in [0.5, 0.6) is 0 Å². The number of methoxy groups -OCH3 is 1. The van der Waals surface area contributed by atoms with E-state index in [1.165, 1.54) is 7.11 Å². The van der Waals surface area contributed by atoms with Gasteiger partial charge in [-0.2, -0.15) is 5.10 Å². The summed E-state index contributed by atoms with van der Waals surface area (Å²) >= 11 is 0. The van der Waals surface area contributed by atoms with Gasteiger partial charge in [0.25, 0.3) is 5.91 Å². The normalized spacial score (nSPS) is 14.4. The van der Waals surface area contributed by atoms with Gasteiger partial charge in [-0.3, -0.25) is 9.89 Å². The molecular weight excluding hydrogens is 208 g/mol. The highest BCUT2D eigenvalue weighted by Gasteiger charge is 2.30. The summed E-state index contributed by atoms with van der Waals surface area (Å²) in [5.74, 6) is 0.314. The topological polar surface area (TPSA) is 93.0 Å². The van der Waals surface area contributed by atoms with Gasteiger partial charge in [-0.1, -0.05) is 6.92 Å². The SMILES string of the molecule is CCC(C)(OC)C(=O)NCc1cn[nH]c1N. The van der Waals surface area contributed by atoms with Crippen LogP contribution in [0.15, 0.2) is 6.20 Å². The molecule has 0 spiro atoms. The van der Waals surface area contributed by atoms with E-state index >= 15 is 0 Å². The highest BCUT2D eigenvalue weighted by Crippen LogP contribution is 2.14. The van der Waals surface area contributed by atoms with E-state index in [0.29, 0.717) is 18.8 Å². The van der Waals surface area contributed by atoms with Crippen molar-refractivity contribution >= 4 is 11.7 Å². The Morgan fingerprint density at radius 1 is 1.75 bits per heavy atom. The Morgan fingerprint density at radius 2 is 2.44 bits per heavy atom. The Bertz CT molecular complexity index is 357. The standard InChI is InChI=1S/C10H18N4O2/c1-4-10(2,16-3)9(15)12-5-7-6-13-14-8(7)11/h6H,4-5H2,1-3H3,(H,12,15)(H3,11,13,14). The van der Waals surface area contributed by atoms with E-state index in [1.54, 1.807) is 13.1 Å². The molecule has 1 aromatic rings. The van der Waals surface area contributed by atoms with Gasteiger partial charge in [0.1, 0.15) is 11.4 Å². The number of carbonyl (C=O) groups is 1. The molecule has 1 aromatic heterocycles. The number of hydrogen-bond donors (Lipinski definition) is 3. The van der Waals surface area contributed by atoms with Crippen LogP contribution in [0.3, 0.4) is 0 Å². The Hall–Kier alpha value is -1.56. The average molecular weight is 226 g/mol. The minimum Gasteiger partial charge on any atom is -0.384 e. The summed E-state index contributed by atoms with van der Waals surface area (Å²) in [4.78, 5) is 11.8. The van der Waals surface area contributed by atoms with Crippen molar-refractivity contribution in [3.8, 4) is 0 Å². The van der Waals surface area contributed by atoms with Gasteiger partial charge in [-0.15, -0.1) is 0 Å². The summed E-state index contributed by atoms with van der Waals surface area (Å²) in [5.41, 5.74) is 5.57. The number of rotatable bonds is 5. The number of aromatic nitrogens is 2. The molecular formula is C10H18N4O2. The summed E-state index contributed by atoms with van der Waals surface area (Å²) in [6.45, 7) is 4.00. The Kier molecular flexibility index (Phi) is 3.89. The monoisotopic (exact) mass is 226 g/mol. The van der Waals surface area contributed by atoms with Gasteiger partial charge >= 0.3 is 0 Å². The minimum atomic E-state index is -0.793. The quantitative estimate of drug-likeness (QED) is 0.678. The number of aromatic amines is 1. The zero-order chi connectivity index (χ0) is 12.2. The number of nitrogens with two attached hydrogens (primary N) is 1. The van der Waals surface area contributed by atoms with Crippen LogP contribution in [0.25, 0.3) is 0 Å². The molecule has 0 bridgehead atoms. The Labute approximate surface area is 94.5 Å². The van der Waals surface area contributed by atoms with E-state index in [9.17, 15) is 4.79 Å². The maximum absolute atomic E-state index is 11.8. The van der Waals surface area contributed by atoms with Crippen molar-refractivity contribution in [3.05, 3.63) is 11.8 Å². The minimum absolute atomic E-state index is 0.155. The predicted octanol–water partition coefficient (Wildman–Crippen LogP) is 0.423. The lowest BCUT2D eigenvalue weighted by atomic mass is 10.0. The smallest absolute Gasteiger partial charge is 0.252 e. The van der Waals surface area contributed by atoms with Crippen molar-refractivity contribution in [3.63, 3.8) is 0 Å². The van der Waals surface area contributed by atoms with Crippen LogP contribution in [-0.4, -0.2) is 28.8 Å². The van der Waals surface area contributed by atoms with Crippen molar-refractivity contribution in [2.45, 2.75) is 32.4 Å². The maximum Gasteiger partial charge on any atom is 0.252 e. The molecule has 1 amide bonds. The number of nitrogens with one attached hydrogen (secondary N) is 2. The summed E-state index contributed by atoms with van der Waals surface area (Å²) in [5, 5.41) is 9.14. The van der Waals surface area contributed by atoms with Gasteiger partial charge < -0.3 is 15.8 Å². The van der Waals surface area contributed by atoms with Gasteiger partial charge in [-0.05, 0) is 13.3 Å². The van der Waals surface area contributed by atoms with Crippen LogP contribution in [0, 0.1) is 0 Å². The number of carbonyl (C=O) groups excluding carboxylic acids is 1. The fraction of sp³-hybridized carbons (Fsp3) is 0.600. The Morgan fingerprint density at radius 3 is 2.88 bits per heavy atom. The van der Waals surface area contributed by atoms with Gasteiger partial charge in [-0.25, -0.2) is 0 Å². The molecule has 1 heterocycles. The van der Waals surface area contributed by atoms with E-state index in [-0.39, 0.29) is 5.91 Å². The van der Waals surface area contributed by atoms with Gasteiger partial charge in [0.2, 0.25) is 0 Å². The van der Waals surface area contributed by atoms with Crippen LogP contribution in [0.4, 0.5) is 5.82 Å². The largest absolute Gasteiger partial charge is 0.384 e. The molecule has 0 aromatic carbocycles. The van der Waals surface area contributed by atoms with E-state index in [0.717, 1.165) is 5.56 Å². The first-order chi connectivity index (χ1) is 7.53. The molecule has 0 aliphatic heterocycles. The molecule has 1 unspecified atom stereocenters. The second-order valence-electron chi connectivity index (χ2n) is 3.78. The van der Waals surface area contributed by atoms with Gasteiger partial charge in [0.05, 0.1) is 6.20 Å². The van der Waals surface area contributed by atoms with Crippen molar-refractivity contribution in [1.29, 1.82) is 0 Å². The highest BCUT2D eigenvalue weighted by atomic mass is 16.5. The second kappa shape index (κ2) is 4.98. The van der Waals surface area contributed by atoms with E-state index in [1.807, 2.05) is 6.92 Å². The van der Waals surface area contributed by atoms with Crippen LogP contribution < -0.4 is 11.1 Å². The number of anilines is 1. The number of hydrogen-bond acceptors (Lipinski definition) is 4. The summed E-state index contributed by atoms with van der Waals surface area (Å²) in [6, 6.07) is 0. The molecule has 90 valence electrons. The fourth-order valence-corrected chi connectivity index (χ4v) is 1.22. The van der Waals surface area contributed by atoms with E-state index < -0.39 is 5.60 Å². The molecule has 4 N–H and O–H groups in total. The third kappa shape index (κ3) is 2.52. The molecule has 0 saturated heterocycles. The zero-order valence-corrected chi connectivity index (χ0v) is 9.83. The summed E-state index contributed by atoms with van der Waals surface area (Å²) in [7, 11) is 1.52. The molecule has 0 aliphatic carbocycles. The molecule has 0 saturated carbocycles. The molecule has 16 heavy (non-hydrogen) atoms. The molecule has 0 aliphatic rings. The lowest BCUT2D eigenvalue weighted by Crippen LogP contribution is -2.45. The molecule has 6 heteroatoms. The number of nitrogens with zero attached hydrogens (tertiary/aromatic N) is 1. The number of ether oxygens (including phenoxy) is 1. The second-order valence-corrected chi connectivity index (χ2v) is 3.78. The summed E-state index contributed by atoms with van der Waals surface area (Å²) < 4.78 is 5.18. The van der Waals surface area contributed by atoms with Crippen LogP contribution in [-0.2, 0) is 16.1 Å². The van der Waals surface area contributed by atoms with Crippen molar-refractivity contribution in [2.24, 2.45) is 0 Å². The lowest BCUT2D eigenvalue weighted by Gasteiger charge is -2.25. The summed E-state index contributed by atoms with van der Waals surface area (Å²) in [6.07, 6.45) is 2.20. The van der Waals surface area contributed by atoms with E-state index in [2.05, 4.69) is 15.5 Å². The fourth-order valence-electron chi connectivity index (χ4n) is 1.22. The highest BCUT2D eigenvalue weighted by molar-refractivity contribution is 5.84. The third-order valence-electron chi connectivity index (χ3n) is 2.80. The van der Waals surface area contributed by atoms with Crippen molar-refractivity contribution in [2.75, 3.05) is 12.8 Å². The number of amides is 1. The molecule has 1 rings (SSSR count).